The summed E-state index contributed by atoms with van der Waals surface area (Å²) in [5.41, 5.74) is 1.66. The van der Waals surface area contributed by atoms with E-state index in [1.165, 1.54) is 0 Å². The molecule has 19 heavy (non-hydrogen) atoms. The molecule has 1 heterocycles. The smallest absolute Gasteiger partial charge is 0.160 e. The minimum atomic E-state index is -0.578. The molecule has 0 bridgehead atoms. The van der Waals surface area contributed by atoms with E-state index in [0.29, 0.717) is 24.0 Å². The van der Waals surface area contributed by atoms with Gasteiger partial charge in [-0.2, -0.15) is 0 Å². The van der Waals surface area contributed by atoms with Gasteiger partial charge < -0.3 is 15.3 Å². The molecule has 5 heteroatoms. The van der Waals surface area contributed by atoms with Crippen molar-refractivity contribution in [1.29, 1.82) is 0 Å². The number of aliphatic hydroxyl groups is 1. The zero-order valence-electron chi connectivity index (χ0n) is 11.1. The van der Waals surface area contributed by atoms with Crippen LogP contribution in [0.2, 0.25) is 5.02 Å². The predicted octanol–water partition coefficient (Wildman–Crippen LogP) is 2.19. The summed E-state index contributed by atoms with van der Waals surface area (Å²) in [5.74, 6) is 0. The molecule has 2 atom stereocenters. The average molecular weight is 283 g/mol. The van der Waals surface area contributed by atoms with Crippen molar-refractivity contribution in [1.82, 2.24) is 5.32 Å². The normalized spacial score (nSPS) is 20.3. The summed E-state index contributed by atoms with van der Waals surface area (Å²) in [7, 11) is 0. The maximum atomic E-state index is 10.0. The van der Waals surface area contributed by atoms with Crippen LogP contribution in [0.1, 0.15) is 25.8 Å². The Labute approximate surface area is 118 Å². The Balaban J connectivity index is 1.94. The first-order valence-electron chi connectivity index (χ1n) is 6.47. The lowest BCUT2D eigenvalue weighted by Crippen LogP contribution is -2.39. The van der Waals surface area contributed by atoms with Crippen molar-refractivity contribution in [3.8, 4) is 0 Å². The number of rotatable bonds is 5. The van der Waals surface area contributed by atoms with E-state index >= 15 is 0 Å². The summed E-state index contributed by atoms with van der Waals surface area (Å²) < 4.78 is 0. The van der Waals surface area contributed by atoms with Gasteiger partial charge in [-0.3, -0.25) is 0 Å². The number of oxime groups is 1. The summed E-state index contributed by atoms with van der Waals surface area (Å²) in [6, 6.07) is 7.85. The highest BCUT2D eigenvalue weighted by Gasteiger charge is 2.29. The summed E-state index contributed by atoms with van der Waals surface area (Å²) >= 11 is 6.12. The maximum Gasteiger partial charge on any atom is 0.160 e. The first kappa shape index (κ1) is 14.3. The first-order valence-corrected chi connectivity index (χ1v) is 6.84. The molecule has 0 unspecified atom stereocenters. The SMILES string of the molecule is CC(C)NC[C@H](O)[C@@H]1CC(c2ccccc2Cl)=NO1. The van der Waals surface area contributed by atoms with Gasteiger partial charge in [0.25, 0.3) is 0 Å². The second kappa shape index (κ2) is 6.37. The molecule has 0 amide bonds. The average Bonchev–Trinajstić information content (AvgIpc) is 2.86. The fourth-order valence-electron chi connectivity index (χ4n) is 1.94. The van der Waals surface area contributed by atoms with E-state index in [-0.39, 0.29) is 6.10 Å². The molecule has 1 aliphatic heterocycles. The number of hydrogen-bond donors (Lipinski definition) is 2. The molecule has 0 saturated carbocycles. The van der Waals surface area contributed by atoms with Crippen molar-refractivity contribution in [3.05, 3.63) is 34.9 Å². The van der Waals surface area contributed by atoms with E-state index in [0.717, 1.165) is 11.3 Å². The van der Waals surface area contributed by atoms with Crippen LogP contribution in [-0.4, -0.2) is 35.6 Å². The van der Waals surface area contributed by atoms with Gasteiger partial charge in [-0.05, 0) is 6.07 Å². The third-order valence-electron chi connectivity index (χ3n) is 3.04. The van der Waals surface area contributed by atoms with Crippen molar-refractivity contribution >= 4 is 17.3 Å². The van der Waals surface area contributed by atoms with E-state index in [4.69, 9.17) is 16.4 Å². The topological polar surface area (TPSA) is 53.8 Å². The minimum absolute atomic E-state index is 0.308. The molecule has 2 N–H and O–H groups in total. The van der Waals surface area contributed by atoms with E-state index in [2.05, 4.69) is 10.5 Å². The second-order valence-electron chi connectivity index (χ2n) is 5.00. The lowest BCUT2D eigenvalue weighted by Gasteiger charge is -2.18. The molecule has 1 aliphatic rings. The van der Waals surface area contributed by atoms with Crippen LogP contribution >= 0.6 is 11.6 Å². The van der Waals surface area contributed by atoms with Crippen molar-refractivity contribution in [2.75, 3.05) is 6.54 Å². The van der Waals surface area contributed by atoms with Gasteiger partial charge in [0.2, 0.25) is 0 Å². The number of nitrogens with zero attached hydrogens (tertiary/aromatic N) is 1. The fourth-order valence-corrected chi connectivity index (χ4v) is 2.19. The van der Waals surface area contributed by atoms with E-state index in [1.54, 1.807) is 0 Å². The zero-order valence-corrected chi connectivity index (χ0v) is 11.9. The monoisotopic (exact) mass is 282 g/mol. The maximum absolute atomic E-state index is 10.0. The molecular formula is C14H19ClN2O2. The summed E-state index contributed by atoms with van der Waals surface area (Å²) in [6.45, 7) is 4.56. The van der Waals surface area contributed by atoms with Crippen molar-refractivity contribution < 1.29 is 9.94 Å². The Morgan fingerprint density at radius 2 is 2.21 bits per heavy atom. The van der Waals surface area contributed by atoms with Crippen molar-refractivity contribution in [3.63, 3.8) is 0 Å². The molecule has 0 aromatic heterocycles. The molecule has 2 rings (SSSR count). The third-order valence-corrected chi connectivity index (χ3v) is 3.37. The largest absolute Gasteiger partial charge is 0.389 e. The molecular weight excluding hydrogens is 264 g/mol. The number of nitrogens with one attached hydrogen (secondary N) is 1. The van der Waals surface area contributed by atoms with Crippen LogP contribution in [0.15, 0.2) is 29.4 Å². The van der Waals surface area contributed by atoms with Gasteiger partial charge in [0, 0.05) is 29.6 Å². The lowest BCUT2D eigenvalue weighted by molar-refractivity contribution is -0.0166. The third kappa shape index (κ3) is 3.69. The number of aliphatic hydroxyl groups excluding tert-OH is 1. The standard InChI is InChI=1S/C14H19ClN2O2/c1-9(2)16-8-13(18)14-7-12(17-19-14)10-5-3-4-6-11(10)15/h3-6,9,13-14,16,18H,7-8H2,1-2H3/t13-,14-/m0/s1. The molecule has 1 aromatic carbocycles. The quantitative estimate of drug-likeness (QED) is 0.870. The van der Waals surface area contributed by atoms with Crippen LogP contribution in [0.3, 0.4) is 0 Å². The molecule has 0 fully saturated rings. The molecule has 4 nitrogen and oxygen atoms in total. The second-order valence-corrected chi connectivity index (χ2v) is 5.40. The molecule has 0 aliphatic carbocycles. The van der Waals surface area contributed by atoms with Gasteiger partial charge in [-0.15, -0.1) is 0 Å². The summed E-state index contributed by atoms with van der Waals surface area (Å²) in [6.07, 6.45) is -0.311. The van der Waals surface area contributed by atoms with Gasteiger partial charge in [0.1, 0.15) is 6.10 Å². The van der Waals surface area contributed by atoms with Crippen LogP contribution in [0, 0.1) is 0 Å². The highest BCUT2D eigenvalue weighted by Crippen LogP contribution is 2.24. The summed E-state index contributed by atoms with van der Waals surface area (Å²) in [5, 5.41) is 17.9. The molecule has 0 radical (unpaired) electrons. The summed E-state index contributed by atoms with van der Waals surface area (Å²) in [4.78, 5) is 5.31. The predicted molar refractivity (Wildman–Crippen MR) is 76.6 cm³/mol. The first-order chi connectivity index (χ1) is 9.08. The van der Waals surface area contributed by atoms with Gasteiger partial charge in [-0.1, -0.05) is 48.8 Å². The Bertz CT molecular complexity index is 463. The molecule has 104 valence electrons. The van der Waals surface area contributed by atoms with Gasteiger partial charge in [0.05, 0.1) is 5.71 Å². The Kier molecular flexibility index (Phi) is 4.80. The number of halogens is 1. The molecule has 1 aromatic rings. The Morgan fingerprint density at radius 1 is 1.47 bits per heavy atom. The van der Waals surface area contributed by atoms with E-state index < -0.39 is 6.10 Å². The number of benzene rings is 1. The van der Waals surface area contributed by atoms with Crippen molar-refractivity contribution in [2.24, 2.45) is 5.16 Å². The van der Waals surface area contributed by atoms with E-state index in [1.807, 2.05) is 38.1 Å². The van der Waals surface area contributed by atoms with Gasteiger partial charge in [0.15, 0.2) is 6.10 Å². The Morgan fingerprint density at radius 3 is 2.89 bits per heavy atom. The van der Waals surface area contributed by atoms with Crippen LogP contribution in [0.5, 0.6) is 0 Å². The van der Waals surface area contributed by atoms with Crippen molar-refractivity contribution in [2.45, 2.75) is 38.5 Å². The highest BCUT2D eigenvalue weighted by molar-refractivity contribution is 6.34. The minimum Gasteiger partial charge on any atom is -0.389 e. The van der Waals surface area contributed by atoms with Gasteiger partial charge >= 0.3 is 0 Å². The van der Waals surface area contributed by atoms with Crippen LogP contribution in [-0.2, 0) is 4.84 Å². The number of hydrogen-bond acceptors (Lipinski definition) is 4. The van der Waals surface area contributed by atoms with Gasteiger partial charge in [-0.25, -0.2) is 0 Å². The fraction of sp³-hybridized carbons (Fsp3) is 0.500. The molecule has 0 spiro atoms. The molecule has 0 saturated heterocycles. The van der Waals surface area contributed by atoms with Crippen LogP contribution < -0.4 is 5.32 Å². The van der Waals surface area contributed by atoms with Crippen LogP contribution in [0.25, 0.3) is 0 Å². The van der Waals surface area contributed by atoms with E-state index in [9.17, 15) is 5.11 Å². The highest BCUT2D eigenvalue weighted by atomic mass is 35.5. The van der Waals surface area contributed by atoms with Crippen LogP contribution in [0.4, 0.5) is 0 Å². The zero-order chi connectivity index (χ0) is 13.8. The Hall–Kier alpha value is -1.10. The lowest BCUT2D eigenvalue weighted by atomic mass is 10.0.